The van der Waals surface area contributed by atoms with Crippen LogP contribution in [-0.4, -0.2) is 24.6 Å². The lowest BCUT2D eigenvalue weighted by Gasteiger charge is -2.10. The van der Waals surface area contributed by atoms with Crippen molar-refractivity contribution in [3.8, 4) is 11.5 Å². The summed E-state index contributed by atoms with van der Waals surface area (Å²) < 4.78 is 11.7. The first-order valence-electron chi connectivity index (χ1n) is 7.70. The van der Waals surface area contributed by atoms with Crippen LogP contribution in [0.25, 0.3) is 10.2 Å². The molecule has 0 aliphatic rings. The van der Waals surface area contributed by atoms with Crippen LogP contribution in [0.15, 0.2) is 30.3 Å². The van der Waals surface area contributed by atoms with Crippen LogP contribution < -0.4 is 20.5 Å². The summed E-state index contributed by atoms with van der Waals surface area (Å²) in [7, 11) is 1.55. The van der Waals surface area contributed by atoms with E-state index in [4.69, 9.17) is 15.2 Å². The molecule has 1 aromatic heterocycles. The van der Waals surface area contributed by atoms with Crippen LogP contribution in [-0.2, 0) is 4.79 Å². The summed E-state index contributed by atoms with van der Waals surface area (Å²) in [6.07, 6.45) is 0. The number of benzene rings is 2. The molecule has 1 heterocycles. The standard InChI is InChI=1S/C18H19N3O3S/c1-10-4-5-13(6-11(10)2)24-9-16(22)20-12-7-14(23-3)17-15(8-12)25-18(19)21-17/h4-8H,9H2,1-3H3,(H2,19,21)(H,20,22). The van der Waals surface area contributed by atoms with Crippen molar-refractivity contribution in [2.45, 2.75) is 13.8 Å². The first-order chi connectivity index (χ1) is 12.0. The largest absolute Gasteiger partial charge is 0.494 e. The van der Waals surface area contributed by atoms with Gasteiger partial charge >= 0.3 is 0 Å². The van der Waals surface area contributed by atoms with E-state index in [-0.39, 0.29) is 12.5 Å². The van der Waals surface area contributed by atoms with E-state index in [1.54, 1.807) is 13.2 Å². The van der Waals surface area contributed by atoms with E-state index < -0.39 is 0 Å². The molecule has 0 radical (unpaired) electrons. The molecule has 25 heavy (non-hydrogen) atoms. The second-order valence-electron chi connectivity index (χ2n) is 5.66. The fraction of sp³-hybridized carbons (Fsp3) is 0.222. The third-order valence-corrected chi connectivity index (χ3v) is 4.66. The van der Waals surface area contributed by atoms with Gasteiger partial charge in [-0.05, 0) is 43.2 Å². The van der Waals surface area contributed by atoms with Crippen LogP contribution in [0.2, 0.25) is 0 Å². The van der Waals surface area contributed by atoms with Crippen molar-refractivity contribution in [3.05, 3.63) is 41.5 Å². The number of nitrogen functional groups attached to an aromatic ring is 1. The number of anilines is 2. The fourth-order valence-corrected chi connectivity index (χ4v) is 3.18. The SMILES string of the molecule is COc1cc(NC(=O)COc2ccc(C)c(C)c2)cc2sc(N)nc12. The Balaban J connectivity index is 1.70. The molecule has 0 spiro atoms. The zero-order valence-electron chi connectivity index (χ0n) is 14.3. The summed E-state index contributed by atoms with van der Waals surface area (Å²) in [5, 5.41) is 3.26. The van der Waals surface area contributed by atoms with E-state index in [0.29, 0.717) is 27.8 Å². The molecule has 0 aliphatic carbocycles. The molecule has 3 N–H and O–H groups in total. The number of nitrogens with two attached hydrogens (primary N) is 1. The Morgan fingerprint density at radius 2 is 2.04 bits per heavy atom. The van der Waals surface area contributed by atoms with Crippen LogP contribution in [0.4, 0.5) is 10.8 Å². The summed E-state index contributed by atoms with van der Waals surface area (Å²) in [6, 6.07) is 9.27. The summed E-state index contributed by atoms with van der Waals surface area (Å²) in [6.45, 7) is 3.96. The average Bonchev–Trinajstić information content (AvgIpc) is 2.95. The van der Waals surface area contributed by atoms with Crippen molar-refractivity contribution in [3.63, 3.8) is 0 Å². The smallest absolute Gasteiger partial charge is 0.262 e. The number of hydrogen-bond donors (Lipinski definition) is 2. The van der Waals surface area contributed by atoms with Gasteiger partial charge in [-0.2, -0.15) is 0 Å². The van der Waals surface area contributed by atoms with Gasteiger partial charge in [0, 0.05) is 11.8 Å². The number of hydrogen-bond acceptors (Lipinski definition) is 6. The first-order valence-corrected chi connectivity index (χ1v) is 8.52. The normalized spacial score (nSPS) is 10.7. The van der Waals surface area contributed by atoms with Gasteiger partial charge in [-0.25, -0.2) is 4.98 Å². The number of fused-ring (bicyclic) bond motifs is 1. The number of methoxy groups -OCH3 is 1. The summed E-state index contributed by atoms with van der Waals surface area (Å²) in [5.74, 6) is 0.981. The maximum absolute atomic E-state index is 12.2. The molecule has 3 rings (SSSR count). The molecule has 7 heteroatoms. The molecule has 0 bridgehead atoms. The van der Waals surface area contributed by atoms with Gasteiger partial charge in [-0.1, -0.05) is 17.4 Å². The minimum atomic E-state index is -0.253. The van der Waals surface area contributed by atoms with Crippen LogP contribution >= 0.6 is 11.3 Å². The van der Waals surface area contributed by atoms with Gasteiger partial charge < -0.3 is 20.5 Å². The minimum absolute atomic E-state index is 0.0757. The minimum Gasteiger partial charge on any atom is -0.494 e. The summed E-state index contributed by atoms with van der Waals surface area (Å²) in [4.78, 5) is 16.4. The quantitative estimate of drug-likeness (QED) is 0.729. The zero-order chi connectivity index (χ0) is 18.0. The Labute approximate surface area is 149 Å². The highest BCUT2D eigenvalue weighted by atomic mass is 32.1. The number of carbonyl (C=O) groups excluding carboxylic acids is 1. The molecular formula is C18H19N3O3S. The lowest BCUT2D eigenvalue weighted by molar-refractivity contribution is -0.118. The first kappa shape index (κ1) is 17.0. The molecule has 0 saturated carbocycles. The molecule has 2 aromatic carbocycles. The number of thiazole rings is 1. The van der Waals surface area contributed by atoms with E-state index >= 15 is 0 Å². The third-order valence-electron chi connectivity index (χ3n) is 3.83. The predicted octanol–water partition coefficient (Wildman–Crippen LogP) is 3.52. The van der Waals surface area contributed by atoms with Gasteiger partial charge in [0.2, 0.25) is 0 Å². The van der Waals surface area contributed by atoms with Crippen molar-refractivity contribution in [2.75, 3.05) is 24.8 Å². The van der Waals surface area contributed by atoms with E-state index in [0.717, 1.165) is 10.3 Å². The monoisotopic (exact) mass is 357 g/mol. The number of ether oxygens (including phenoxy) is 2. The zero-order valence-corrected chi connectivity index (χ0v) is 15.1. The Morgan fingerprint density at radius 1 is 1.24 bits per heavy atom. The van der Waals surface area contributed by atoms with Gasteiger partial charge in [0.1, 0.15) is 17.0 Å². The Hall–Kier alpha value is -2.80. The molecule has 6 nitrogen and oxygen atoms in total. The van der Waals surface area contributed by atoms with Crippen molar-refractivity contribution >= 4 is 38.3 Å². The highest BCUT2D eigenvalue weighted by molar-refractivity contribution is 7.22. The molecular weight excluding hydrogens is 338 g/mol. The third kappa shape index (κ3) is 3.83. The summed E-state index contributed by atoms with van der Waals surface area (Å²) in [5.41, 5.74) is 9.35. The van der Waals surface area contributed by atoms with Gasteiger partial charge in [0.25, 0.3) is 5.91 Å². The lowest BCUT2D eigenvalue weighted by atomic mass is 10.1. The predicted molar refractivity (Wildman–Crippen MR) is 101 cm³/mol. The molecule has 3 aromatic rings. The molecule has 0 saturated heterocycles. The van der Waals surface area contributed by atoms with Crippen LogP contribution in [0.3, 0.4) is 0 Å². The Bertz CT molecular complexity index is 937. The highest BCUT2D eigenvalue weighted by Gasteiger charge is 2.12. The molecule has 0 unspecified atom stereocenters. The maximum atomic E-state index is 12.2. The average molecular weight is 357 g/mol. The Morgan fingerprint density at radius 3 is 2.76 bits per heavy atom. The van der Waals surface area contributed by atoms with Gasteiger partial charge in [-0.3, -0.25) is 4.79 Å². The fourth-order valence-electron chi connectivity index (χ4n) is 2.39. The molecule has 0 fully saturated rings. The number of amides is 1. The summed E-state index contributed by atoms with van der Waals surface area (Å²) >= 11 is 1.34. The topological polar surface area (TPSA) is 86.5 Å². The number of aromatic nitrogens is 1. The van der Waals surface area contributed by atoms with E-state index in [1.165, 1.54) is 16.9 Å². The molecule has 0 atom stereocenters. The van der Waals surface area contributed by atoms with E-state index in [2.05, 4.69) is 10.3 Å². The van der Waals surface area contributed by atoms with Gasteiger partial charge in [0.05, 0.1) is 11.8 Å². The lowest BCUT2D eigenvalue weighted by Crippen LogP contribution is -2.20. The second-order valence-corrected chi connectivity index (χ2v) is 6.72. The van der Waals surface area contributed by atoms with Crippen LogP contribution in [0.1, 0.15) is 11.1 Å². The highest BCUT2D eigenvalue weighted by Crippen LogP contribution is 2.34. The molecule has 130 valence electrons. The molecule has 0 aliphatic heterocycles. The maximum Gasteiger partial charge on any atom is 0.262 e. The second kappa shape index (κ2) is 6.98. The molecule has 1 amide bonds. The number of carbonyl (C=O) groups is 1. The number of nitrogens with one attached hydrogen (secondary N) is 1. The van der Waals surface area contributed by atoms with E-state index in [9.17, 15) is 4.79 Å². The van der Waals surface area contributed by atoms with Gasteiger partial charge in [-0.15, -0.1) is 0 Å². The number of aryl methyl sites for hydroxylation is 2. The van der Waals surface area contributed by atoms with Crippen LogP contribution in [0, 0.1) is 13.8 Å². The van der Waals surface area contributed by atoms with Crippen molar-refractivity contribution in [2.24, 2.45) is 0 Å². The van der Waals surface area contributed by atoms with Crippen molar-refractivity contribution in [1.82, 2.24) is 4.98 Å². The van der Waals surface area contributed by atoms with Crippen molar-refractivity contribution < 1.29 is 14.3 Å². The Kier molecular flexibility index (Phi) is 4.76. The van der Waals surface area contributed by atoms with Crippen LogP contribution in [0.5, 0.6) is 11.5 Å². The van der Waals surface area contributed by atoms with Gasteiger partial charge in [0.15, 0.2) is 11.7 Å². The van der Waals surface area contributed by atoms with Crippen molar-refractivity contribution in [1.29, 1.82) is 0 Å². The number of rotatable bonds is 5. The van der Waals surface area contributed by atoms with E-state index in [1.807, 2.05) is 38.1 Å². The number of nitrogens with zero attached hydrogens (tertiary/aromatic N) is 1.